The Balaban J connectivity index is 2.32. The molecule has 0 radical (unpaired) electrons. The number of aromatic nitrogens is 1. The van der Waals surface area contributed by atoms with Crippen molar-refractivity contribution in [3.63, 3.8) is 0 Å². The van der Waals surface area contributed by atoms with Gasteiger partial charge in [0.15, 0.2) is 0 Å². The lowest BCUT2D eigenvalue weighted by molar-refractivity contribution is -0.385. The summed E-state index contributed by atoms with van der Waals surface area (Å²) >= 11 is 5.49. The summed E-state index contributed by atoms with van der Waals surface area (Å²) in [7, 11) is 0. The van der Waals surface area contributed by atoms with Crippen LogP contribution in [0.5, 0.6) is 0 Å². The molecule has 6 nitrogen and oxygen atoms in total. The summed E-state index contributed by atoms with van der Waals surface area (Å²) in [6.45, 7) is 0. The van der Waals surface area contributed by atoms with Gasteiger partial charge in [0.05, 0.1) is 4.92 Å². The van der Waals surface area contributed by atoms with Gasteiger partial charge in [0.25, 0.3) is 5.91 Å². The third kappa shape index (κ3) is 2.40. The smallest absolute Gasteiger partial charge is 0.338 e. The Kier molecular flexibility index (Phi) is 3.32. The summed E-state index contributed by atoms with van der Waals surface area (Å²) in [6, 6.07) is 0.950. The minimum atomic E-state index is -4.60. The van der Waals surface area contributed by atoms with Gasteiger partial charge in [-0.25, -0.2) is 4.98 Å². The molecule has 0 spiro atoms. The van der Waals surface area contributed by atoms with Gasteiger partial charge in [-0.15, -0.1) is 0 Å². The molecule has 2 rings (SSSR count). The summed E-state index contributed by atoms with van der Waals surface area (Å²) in [5, 5.41) is 12.0. The van der Waals surface area contributed by atoms with Crippen LogP contribution in [0.25, 0.3) is 0 Å². The number of rotatable bonds is 3. The van der Waals surface area contributed by atoms with Crippen LogP contribution in [0.3, 0.4) is 0 Å². The average molecular weight is 310 g/mol. The predicted molar refractivity (Wildman–Crippen MR) is 61.4 cm³/mol. The van der Waals surface area contributed by atoms with Gasteiger partial charge in [-0.2, -0.15) is 13.2 Å². The van der Waals surface area contributed by atoms with Crippen LogP contribution in [-0.4, -0.2) is 27.5 Å². The first-order valence-electron chi connectivity index (χ1n) is 5.36. The molecule has 20 heavy (non-hydrogen) atoms. The Morgan fingerprint density at radius 2 is 2.10 bits per heavy atom. The largest absolute Gasteiger partial charge is 0.411 e. The lowest BCUT2D eigenvalue weighted by Gasteiger charge is -2.20. The second-order valence-electron chi connectivity index (χ2n) is 4.29. The molecule has 0 aliphatic heterocycles. The molecule has 0 saturated heterocycles. The highest BCUT2D eigenvalue weighted by Gasteiger charge is 2.64. The highest BCUT2D eigenvalue weighted by molar-refractivity contribution is 6.32. The van der Waals surface area contributed by atoms with E-state index in [1.54, 1.807) is 5.32 Å². The van der Waals surface area contributed by atoms with Gasteiger partial charge in [0.1, 0.15) is 11.1 Å². The fraction of sp³-hybridized carbons (Fsp3) is 0.400. The number of halogens is 4. The van der Waals surface area contributed by atoms with Crippen LogP contribution in [0.4, 0.5) is 18.9 Å². The van der Waals surface area contributed by atoms with Crippen LogP contribution in [0.2, 0.25) is 5.15 Å². The van der Waals surface area contributed by atoms with E-state index in [1.807, 2.05) is 0 Å². The summed E-state index contributed by atoms with van der Waals surface area (Å²) in [5.41, 5.74) is -3.66. The third-order valence-corrected chi connectivity index (χ3v) is 3.23. The molecule has 10 heteroatoms. The van der Waals surface area contributed by atoms with Crippen molar-refractivity contribution in [1.82, 2.24) is 10.3 Å². The highest BCUT2D eigenvalue weighted by Crippen LogP contribution is 2.49. The molecule has 0 bridgehead atoms. The van der Waals surface area contributed by atoms with Crippen LogP contribution in [0, 0.1) is 10.1 Å². The van der Waals surface area contributed by atoms with Gasteiger partial charge >= 0.3 is 11.9 Å². The maximum Gasteiger partial charge on any atom is 0.411 e. The van der Waals surface area contributed by atoms with Crippen molar-refractivity contribution in [3.05, 3.63) is 33.1 Å². The van der Waals surface area contributed by atoms with Gasteiger partial charge in [0.2, 0.25) is 5.15 Å². The first kappa shape index (κ1) is 14.5. The molecule has 1 aromatic rings. The number of carbonyl (C=O) groups excluding carboxylic acids is 1. The molecule has 108 valence electrons. The van der Waals surface area contributed by atoms with E-state index in [-0.39, 0.29) is 12.8 Å². The molecule has 1 aliphatic carbocycles. The topological polar surface area (TPSA) is 85.1 Å². The Bertz CT molecular complexity index is 587. The maximum atomic E-state index is 12.7. The second-order valence-corrected chi connectivity index (χ2v) is 4.65. The number of carbonyl (C=O) groups is 1. The van der Waals surface area contributed by atoms with E-state index >= 15 is 0 Å². The lowest BCUT2D eigenvalue weighted by atomic mass is 10.2. The van der Waals surface area contributed by atoms with Gasteiger partial charge in [-0.1, -0.05) is 11.6 Å². The number of pyridine rings is 1. The van der Waals surface area contributed by atoms with Crippen LogP contribution >= 0.6 is 11.6 Å². The lowest BCUT2D eigenvalue weighted by Crippen LogP contribution is -2.48. The monoisotopic (exact) mass is 309 g/mol. The van der Waals surface area contributed by atoms with Gasteiger partial charge in [-0.3, -0.25) is 14.9 Å². The standard InChI is InChI=1S/C10H7ClF3N3O3/c11-7-6(17(19)20)5(1-4-15-7)8(18)16-9(2-3-9)10(12,13)14/h1,4H,2-3H2,(H,16,18). The molecule has 1 amide bonds. The first-order chi connectivity index (χ1) is 9.18. The van der Waals surface area contributed by atoms with E-state index in [1.165, 1.54) is 0 Å². The van der Waals surface area contributed by atoms with Gasteiger partial charge in [-0.05, 0) is 18.9 Å². The van der Waals surface area contributed by atoms with Crippen molar-refractivity contribution in [2.45, 2.75) is 24.6 Å². The fourth-order valence-corrected chi connectivity index (χ4v) is 1.90. The number of nitrogens with zero attached hydrogens (tertiary/aromatic N) is 2. The van der Waals surface area contributed by atoms with Crippen molar-refractivity contribution in [2.24, 2.45) is 0 Å². The summed E-state index contributed by atoms with van der Waals surface area (Å²) < 4.78 is 38.2. The maximum absolute atomic E-state index is 12.7. The molecule has 0 aromatic carbocycles. The minimum Gasteiger partial charge on any atom is -0.338 e. The molecule has 1 N–H and O–H groups in total. The van der Waals surface area contributed by atoms with Gasteiger partial charge < -0.3 is 5.32 Å². The Morgan fingerprint density at radius 3 is 2.55 bits per heavy atom. The van der Waals surface area contributed by atoms with E-state index in [9.17, 15) is 28.1 Å². The normalized spacial score (nSPS) is 16.6. The molecule has 1 fully saturated rings. The summed E-state index contributed by atoms with van der Waals surface area (Å²) in [6.07, 6.45) is -4.10. The third-order valence-electron chi connectivity index (χ3n) is 2.95. The average Bonchev–Trinajstić information content (AvgIpc) is 3.08. The minimum absolute atomic E-state index is 0.255. The number of alkyl halides is 3. The zero-order chi connectivity index (χ0) is 15.1. The number of hydrogen-bond acceptors (Lipinski definition) is 4. The van der Waals surface area contributed by atoms with Crippen LogP contribution in [0.1, 0.15) is 23.2 Å². The zero-order valence-corrected chi connectivity index (χ0v) is 10.5. The Labute approximate surface area is 115 Å². The highest BCUT2D eigenvalue weighted by atomic mass is 35.5. The summed E-state index contributed by atoms with van der Waals surface area (Å²) in [4.78, 5) is 25.1. The molecule has 1 saturated carbocycles. The van der Waals surface area contributed by atoms with E-state index < -0.39 is 38.9 Å². The van der Waals surface area contributed by atoms with Crippen LogP contribution in [0.15, 0.2) is 12.3 Å². The SMILES string of the molecule is O=C(NC1(C(F)(F)F)CC1)c1ccnc(Cl)c1[N+](=O)[O-]. The van der Waals surface area contributed by atoms with Crippen molar-refractivity contribution in [2.75, 3.05) is 0 Å². The Hall–Kier alpha value is -1.90. The van der Waals surface area contributed by atoms with Crippen molar-refractivity contribution < 1.29 is 22.9 Å². The van der Waals surface area contributed by atoms with Crippen LogP contribution < -0.4 is 5.32 Å². The summed E-state index contributed by atoms with van der Waals surface area (Å²) in [5.74, 6) is -1.20. The molecule has 1 aromatic heterocycles. The van der Waals surface area contributed by atoms with Crippen molar-refractivity contribution >= 4 is 23.2 Å². The second kappa shape index (κ2) is 4.58. The molecular formula is C10H7ClF3N3O3. The molecule has 1 aliphatic rings. The molecule has 0 atom stereocenters. The van der Waals surface area contributed by atoms with Crippen LogP contribution in [-0.2, 0) is 0 Å². The number of amides is 1. The molecule has 0 unspecified atom stereocenters. The predicted octanol–water partition coefficient (Wildman–Crippen LogP) is 2.47. The quantitative estimate of drug-likeness (QED) is 0.528. The van der Waals surface area contributed by atoms with Gasteiger partial charge in [0, 0.05) is 6.20 Å². The first-order valence-corrected chi connectivity index (χ1v) is 5.74. The van der Waals surface area contributed by atoms with E-state index in [4.69, 9.17) is 11.6 Å². The fourth-order valence-electron chi connectivity index (χ4n) is 1.67. The molecular weight excluding hydrogens is 303 g/mol. The van der Waals surface area contributed by atoms with Crippen molar-refractivity contribution in [3.8, 4) is 0 Å². The number of nitrogens with one attached hydrogen (secondary N) is 1. The molecule has 1 heterocycles. The van der Waals surface area contributed by atoms with E-state index in [0.29, 0.717) is 0 Å². The Morgan fingerprint density at radius 1 is 1.50 bits per heavy atom. The van der Waals surface area contributed by atoms with E-state index in [2.05, 4.69) is 4.98 Å². The number of nitro groups is 1. The van der Waals surface area contributed by atoms with E-state index in [0.717, 1.165) is 12.3 Å². The van der Waals surface area contributed by atoms with Crippen molar-refractivity contribution in [1.29, 1.82) is 0 Å². The zero-order valence-electron chi connectivity index (χ0n) is 9.70. The number of hydrogen-bond donors (Lipinski definition) is 1.